The molecule has 0 unspecified atom stereocenters. The fourth-order valence-corrected chi connectivity index (χ4v) is 0.274. The summed E-state index contributed by atoms with van der Waals surface area (Å²) in [6.45, 7) is 5.84. The first kappa shape index (κ1) is 11.7. The lowest BCUT2D eigenvalue weighted by Crippen LogP contribution is -2.16. The summed E-state index contributed by atoms with van der Waals surface area (Å²) < 4.78 is 4.81. The maximum Gasteiger partial charge on any atom is 0.0589 e. The highest BCUT2D eigenvalue weighted by atomic mass is 16.5. The average molecular weight is 133 g/mol. The highest BCUT2D eigenvalue weighted by Gasteiger charge is 1.83. The van der Waals surface area contributed by atoms with Crippen LogP contribution in [0, 0.1) is 0 Å². The number of likely N-dealkylation sites (N-methyl/N-ethyl adjacent to an activating group) is 1. The summed E-state index contributed by atoms with van der Waals surface area (Å²) in [4.78, 5) is 2.09. The zero-order valence-corrected chi connectivity index (χ0v) is 7.27. The van der Waals surface area contributed by atoms with Crippen LogP contribution in [0.5, 0.6) is 0 Å². The molecule has 9 heavy (non-hydrogen) atoms. The summed E-state index contributed by atoms with van der Waals surface area (Å²) in [7, 11) is 5.77. The molecule has 0 saturated carbocycles. The molecular formula is C7H19NO. The first-order chi connectivity index (χ1) is 4.27. The number of hydrogen-bond acceptors (Lipinski definition) is 2. The third-order valence-electron chi connectivity index (χ3n) is 0.743. The topological polar surface area (TPSA) is 12.5 Å². The number of ether oxygens (including phenoxy) is 1. The Balaban J connectivity index is 0. The average Bonchev–Trinajstić information content (AvgIpc) is 1.88. The number of rotatable bonds is 3. The Hall–Kier alpha value is -0.0800. The van der Waals surface area contributed by atoms with E-state index in [0.29, 0.717) is 0 Å². The van der Waals surface area contributed by atoms with Crippen molar-refractivity contribution in [1.82, 2.24) is 4.90 Å². The Kier molecular flexibility index (Phi) is 14.0. The fraction of sp³-hybridized carbons (Fsp3) is 1.00. The lowest BCUT2D eigenvalue weighted by Gasteiger charge is -2.06. The van der Waals surface area contributed by atoms with E-state index in [1.807, 2.05) is 27.9 Å². The molecule has 0 saturated heterocycles. The molecule has 0 aliphatic heterocycles. The molecule has 0 rings (SSSR count). The molecule has 0 heterocycles. The van der Waals surface area contributed by atoms with E-state index < -0.39 is 0 Å². The van der Waals surface area contributed by atoms with E-state index in [9.17, 15) is 0 Å². The van der Waals surface area contributed by atoms with Crippen LogP contribution in [0.4, 0.5) is 0 Å². The van der Waals surface area contributed by atoms with Gasteiger partial charge in [-0.25, -0.2) is 0 Å². The van der Waals surface area contributed by atoms with Crippen molar-refractivity contribution in [2.24, 2.45) is 0 Å². The van der Waals surface area contributed by atoms with E-state index in [0.717, 1.165) is 13.2 Å². The Morgan fingerprint density at radius 1 is 1.22 bits per heavy atom. The van der Waals surface area contributed by atoms with Gasteiger partial charge in [0.1, 0.15) is 0 Å². The molecule has 0 amide bonds. The zero-order valence-electron chi connectivity index (χ0n) is 7.27. The van der Waals surface area contributed by atoms with Gasteiger partial charge in [0.25, 0.3) is 0 Å². The highest BCUT2D eigenvalue weighted by molar-refractivity contribution is 4.36. The second-order valence-corrected chi connectivity index (χ2v) is 1.80. The van der Waals surface area contributed by atoms with Gasteiger partial charge in [-0.1, -0.05) is 13.8 Å². The molecule has 0 radical (unpaired) electrons. The minimum atomic E-state index is 0.826. The number of nitrogens with zero attached hydrogens (tertiary/aromatic N) is 1. The van der Waals surface area contributed by atoms with E-state index in [1.165, 1.54) is 0 Å². The maximum absolute atomic E-state index is 4.81. The molecule has 0 atom stereocenters. The van der Waals surface area contributed by atoms with Crippen LogP contribution in [0.1, 0.15) is 13.8 Å². The van der Waals surface area contributed by atoms with Crippen molar-refractivity contribution >= 4 is 0 Å². The van der Waals surface area contributed by atoms with Crippen LogP contribution in [0.2, 0.25) is 0 Å². The summed E-state index contributed by atoms with van der Waals surface area (Å²) in [6, 6.07) is 0. The first-order valence-corrected chi connectivity index (χ1v) is 3.41. The van der Waals surface area contributed by atoms with Gasteiger partial charge in [0.2, 0.25) is 0 Å². The van der Waals surface area contributed by atoms with Gasteiger partial charge in [0, 0.05) is 13.7 Å². The highest BCUT2D eigenvalue weighted by Crippen LogP contribution is 1.71. The summed E-state index contributed by atoms with van der Waals surface area (Å²) in [5, 5.41) is 0. The normalized spacial score (nSPS) is 8.67. The predicted octanol–water partition coefficient (Wildman–Crippen LogP) is 1.22. The summed E-state index contributed by atoms with van der Waals surface area (Å²) in [5.74, 6) is 0. The molecule has 0 fully saturated rings. The van der Waals surface area contributed by atoms with Crippen LogP contribution in [0.15, 0.2) is 0 Å². The monoisotopic (exact) mass is 133 g/mol. The van der Waals surface area contributed by atoms with Gasteiger partial charge < -0.3 is 9.64 Å². The molecule has 58 valence electrons. The van der Waals surface area contributed by atoms with Gasteiger partial charge in [-0.2, -0.15) is 0 Å². The van der Waals surface area contributed by atoms with Crippen molar-refractivity contribution in [3.63, 3.8) is 0 Å². The molecule has 0 aliphatic carbocycles. The van der Waals surface area contributed by atoms with Crippen LogP contribution >= 0.6 is 0 Å². The quantitative estimate of drug-likeness (QED) is 0.574. The summed E-state index contributed by atoms with van der Waals surface area (Å²) in [5.41, 5.74) is 0. The number of hydrogen-bond donors (Lipinski definition) is 0. The third-order valence-corrected chi connectivity index (χ3v) is 0.743. The SMILES string of the molecule is CC.COCCN(C)C. The van der Waals surface area contributed by atoms with Gasteiger partial charge in [-0.05, 0) is 14.1 Å². The van der Waals surface area contributed by atoms with Gasteiger partial charge in [0.05, 0.1) is 6.61 Å². The molecule has 0 N–H and O–H groups in total. The first-order valence-electron chi connectivity index (χ1n) is 3.41. The molecule has 0 aromatic carbocycles. The van der Waals surface area contributed by atoms with Gasteiger partial charge in [0.15, 0.2) is 0 Å². The maximum atomic E-state index is 4.81. The molecule has 0 aliphatic rings. The van der Waals surface area contributed by atoms with Crippen molar-refractivity contribution in [3.05, 3.63) is 0 Å². The Morgan fingerprint density at radius 2 is 1.67 bits per heavy atom. The van der Waals surface area contributed by atoms with Gasteiger partial charge in [-0.3, -0.25) is 0 Å². The Bertz CT molecular complexity index is 37.9. The molecule has 0 aromatic heterocycles. The minimum absolute atomic E-state index is 0.826. The summed E-state index contributed by atoms with van der Waals surface area (Å²) >= 11 is 0. The van der Waals surface area contributed by atoms with Crippen molar-refractivity contribution in [1.29, 1.82) is 0 Å². The molecule has 0 spiro atoms. The van der Waals surface area contributed by atoms with Crippen LogP contribution < -0.4 is 0 Å². The van der Waals surface area contributed by atoms with Crippen LogP contribution in [-0.4, -0.2) is 39.3 Å². The van der Waals surface area contributed by atoms with E-state index in [2.05, 4.69) is 4.90 Å². The van der Waals surface area contributed by atoms with E-state index >= 15 is 0 Å². The smallest absolute Gasteiger partial charge is 0.0589 e. The van der Waals surface area contributed by atoms with Crippen molar-refractivity contribution in [3.8, 4) is 0 Å². The molecule has 2 nitrogen and oxygen atoms in total. The van der Waals surface area contributed by atoms with Gasteiger partial charge >= 0.3 is 0 Å². The van der Waals surface area contributed by atoms with Gasteiger partial charge in [-0.15, -0.1) is 0 Å². The molecular weight excluding hydrogens is 114 g/mol. The van der Waals surface area contributed by atoms with Crippen molar-refractivity contribution in [2.45, 2.75) is 13.8 Å². The third kappa shape index (κ3) is 18.1. The Morgan fingerprint density at radius 3 is 1.78 bits per heavy atom. The standard InChI is InChI=1S/C5H13NO.C2H6/c1-6(2)4-5-7-3;1-2/h4-5H2,1-3H3;1-2H3. The Labute approximate surface area is 58.8 Å². The van der Waals surface area contributed by atoms with E-state index in [4.69, 9.17) is 4.74 Å². The lowest BCUT2D eigenvalue weighted by atomic mass is 10.6. The fourth-order valence-electron chi connectivity index (χ4n) is 0.274. The largest absolute Gasteiger partial charge is 0.383 e. The number of methoxy groups -OCH3 is 1. The summed E-state index contributed by atoms with van der Waals surface area (Å²) in [6.07, 6.45) is 0. The second-order valence-electron chi connectivity index (χ2n) is 1.80. The van der Waals surface area contributed by atoms with Crippen LogP contribution in [0.25, 0.3) is 0 Å². The minimum Gasteiger partial charge on any atom is -0.383 e. The predicted molar refractivity (Wildman–Crippen MR) is 41.8 cm³/mol. The van der Waals surface area contributed by atoms with Crippen molar-refractivity contribution < 1.29 is 4.74 Å². The molecule has 0 bridgehead atoms. The molecule has 0 aromatic rings. The van der Waals surface area contributed by atoms with Crippen LogP contribution in [-0.2, 0) is 4.74 Å². The van der Waals surface area contributed by atoms with E-state index in [-0.39, 0.29) is 0 Å². The van der Waals surface area contributed by atoms with Crippen LogP contribution in [0.3, 0.4) is 0 Å². The van der Waals surface area contributed by atoms with Crippen molar-refractivity contribution in [2.75, 3.05) is 34.4 Å². The molecule has 2 heteroatoms. The zero-order chi connectivity index (χ0) is 7.70. The lowest BCUT2D eigenvalue weighted by molar-refractivity contribution is 0.172. The van der Waals surface area contributed by atoms with E-state index in [1.54, 1.807) is 7.11 Å². The second kappa shape index (κ2) is 10.8.